The van der Waals surface area contributed by atoms with Crippen LogP contribution in [0.3, 0.4) is 0 Å². The van der Waals surface area contributed by atoms with Crippen LogP contribution >= 0.6 is 50.5 Å². The Morgan fingerprint density at radius 2 is 2.05 bits per heavy atom. The number of halogens is 3. The van der Waals surface area contributed by atoms with Gasteiger partial charge in [0.1, 0.15) is 10.6 Å². The first-order valence-electron chi connectivity index (χ1n) is 6.15. The Morgan fingerprint density at radius 3 is 2.76 bits per heavy atom. The topological polar surface area (TPSA) is 35.0 Å². The van der Waals surface area contributed by atoms with Crippen LogP contribution < -0.4 is 4.74 Å². The molecule has 0 bridgehead atoms. The lowest BCUT2D eigenvalue weighted by Gasteiger charge is -2.08. The minimum atomic E-state index is 0.173. The number of ether oxygens (including phenoxy) is 1. The van der Waals surface area contributed by atoms with Gasteiger partial charge in [0, 0.05) is 9.90 Å². The minimum Gasteiger partial charge on any atom is -0.437 e. The van der Waals surface area contributed by atoms with Crippen molar-refractivity contribution in [3.05, 3.63) is 43.9 Å². The largest absolute Gasteiger partial charge is 0.437 e. The van der Waals surface area contributed by atoms with Crippen molar-refractivity contribution in [2.75, 3.05) is 0 Å². The zero-order chi connectivity index (χ0) is 15.0. The molecule has 0 radical (unpaired) electrons. The van der Waals surface area contributed by atoms with Crippen molar-refractivity contribution in [2.24, 2.45) is 0 Å². The Balaban J connectivity index is 2.08. The van der Waals surface area contributed by atoms with Crippen molar-refractivity contribution in [3.63, 3.8) is 0 Å². The molecule has 0 fully saturated rings. The highest BCUT2D eigenvalue weighted by molar-refractivity contribution is 9.10. The van der Waals surface area contributed by atoms with Gasteiger partial charge in [-0.05, 0) is 58.2 Å². The van der Waals surface area contributed by atoms with Gasteiger partial charge in [-0.15, -0.1) is 11.3 Å². The van der Waals surface area contributed by atoms with Crippen LogP contribution in [0, 0.1) is 0 Å². The van der Waals surface area contributed by atoms with Crippen molar-refractivity contribution in [2.45, 2.75) is 13.3 Å². The Hall–Kier alpha value is -0.880. The predicted molar refractivity (Wildman–Crippen MR) is 91.0 cm³/mol. The number of hydrogen-bond acceptors (Lipinski definition) is 4. The summed E-state index contributed by atoms with van der Waals surface area (Å²) in [5.41, 5.74) is 0. The second-order valence-corrected chi connectivity index (χ2v) is 7.00. The molecule has 108 valence electrons. The van der Waals surface area contributed by atoms with Gasteiger partial charge in [0.2, 0.25) is 11.2 Å². The molecule has 0 saturated heterocycles. The van der Waals surface area contributed by atoms with Crippen molar-refractivity contribution >= 4 is 60.7 Å². The summed E-state index contributed by atoms with van der Waals surface area (Å²) in [5, 5.41) is 1.67. The maximum absolute atomic E-state index is 5.98. The van der Waals surface area contributed by atoms with Crippen LogP contribution in [-0.4, -0.2) is 9.97 Å². The van der Waals surface area contributed by atoms with Gasteiger partial charge in [-0.2, -0.15) is 4.98 Å². The predicted octanol–water partition coefficient (Wildman–Crippen LogP) is 6.12. The van der Waals surface area contributed by atoms with E-state index in [-0.39, 0.29) is 5.28 Å². The Morgan fingerprint density at radius 1 is 1.24 bits per heavy atom. The smallest absolute Gasteiger partial charge is 0.232 e. The Labute approximate surface area is 144 Å². The van der Waals surface area contributed by atoms with Gasteiger partial charge in [-0.25, -0.2) is 4.98 Å². The number of benzene rings is 1. The first-order valence-corrected chi connectivity index (χ1v) is 8.52. The van der Waals surface area contributed by atoms with Crippen molar-refractivity contribution in [3.8, 4) is 11.6 Å². The van der Waals surface area contributed by atoms with Gasteiger partial charge in [-0.1, -0.05) is 18.5 Å². The number of aryl methyl sites for hydroxylation is 1. The van der Waals surface area contributed by atoms with E-state index < -0.39 is 0 Å². The van der Waals surface area contributed by atoms with E-state index in [9.17, 15) is 0 Å². The molecule has 0 spiro atoms. The molecule has 3 aromatic rings. The lowest BCUT2D eigenvalue weighted by Crippen LogP contribution is -1.92. The second kappa shape index (κ2) is 6.08. The van der Waals surface area contributed by atoms with Crippen LogP contribution in [0.1, 0.15) is 11.8 Å². The quantitative estimate of drug-likeness (QED) is 0.494. The van der Waals surface area contributed by atoms with E-state index in [1.165, 1.54) is 4.88 Å². The molecule has 0 aliphatic rings. The maximum atomic E-state index is 5.98. The molecule has 21 heavy (non-hydrogen) atoms. The molecule has 2 aromatic heterocycles. The molecule has 0 unspecified atom stereocenters. The summed E-state index contributed by atoms with van der Waals surface area (Å²) in [4.78, 5) is 10.5. The normalized spacial score (nSPS) is 11.0. The molecular weight excluding hydrogens is 395 g/mol. The molecular formula is C14H9BrCl2N2OS. The third-order valence-electron chi connectivity index (χ3n) is 2.83. The van der Waals surface area contributed by atoms with Gasteiger partial charge < -0.3 is 4.74 Å². The Bertz CT molecular complexity index is 822. The molecule has 1 aromatic carbocycles. The van der Waals surface area contributed by atoms with E-state index in [4.69, 9.17) is 27.9 Å². The molecule has 0 atom stereocenters. The maximum Gasteiger partial charge on any atom is 0.232 e. The molecule has 0 N–H and O–H groups in total. The van der Waals surface area contributed by atoms with Crippen molar-refractivity contribution < 1.29 is 4.74 Å². The van der Waals surface area contributed by atoms with Gasteiger partial charge in [0.05, 0.1) is 9.86 Å². The fraction of sp³-hybridized carbons (Fsp3) is 0.143. The second-order valence-electron chi connectivity index (χ2n) is 4.26. The van der Waals surface area contributed by atoms with Gasteiger partial charge >= 0.3 is 0 Å². The number of nitrogens with zero attached hydrogens (tertiary/aromatic N) is 2. The summed E-state index contributed by atoms with van der Waals surface area (Å²) >= 11 is 16.9. The number of aromatic nitrogens is 2. The fourth-order valence-electron chi connectivity index (χ4n) is 1.83. The van der Waals surface area contributed by atoms with Crippen LogP contribution in [-0.2, 0) is 6.42 Å². The van der Waals surface area contributed by atoms with E-state index >= 15 is 0 Å². The van der Waals surface area contributed by atoms with E-state index in [0.29, 0.717) is 16.7 Å². The van der Waals surface area contributed by atoms with Crippen LogP contribution in [0.5, 0.6) is 11.6 Å². The average molecular weight is 404 g/mol. The highest BCUT2D eigenvalue weighted by Crippen LogP contribution is 2.37. The number of rotatable bonds is 3. The van der Waals surface area contributed by atoms with Crippen LogP contribution in [0.25, 0.3) is 10.2 Å². The summed E-state index contributed by atoms with van der Waals surface area (Å²) in [6.45, 7) is 2.09. The monoisotopic (exact) mass is 402 g/mol. The SMILES string of the molecule is CCc1cc2c(Oc3ccc(Cl)cc3Br)nc(Cl)nc2s1. The van der Waals surface area contributed by atoms with Crippen molar-refractivity contribution in [1.82, 2.24) is 9.97 Å². The fourth-order valence-corrected chi connectivity index (χ4v) is 3.77. The molecule has 0 amide bonds. The first kappa shape index (κ1) is 15.0. The number of fused-ring (bicyclic) bond motifs is 1. The Kier molecular flexibility index (Phi) is 4.36. The third kappa shape index (κ3) is 3.16. The first-order chi connectivity index (χ1) is 10.1. The van der Waals surface area contributed by atoms with Gasteiger partial charge in [-0.3, -0.25) is 0 Å². The lowest BCUT2D eigenvalue weighted by molar-refractivity contribution is 0.465. The number of hydrogen-bond donors (Lipinski definition) is 0. The van der Waals surface area contributed by atoms with E-state index in [1.807, 2.05) is 6.07 Å². The molecule has 0 aliphatic heterocycles. The van der Waals surface area contributed by atoms with Crippen molar-refractivity contribution in [1.29, 1.82) is 0 Å². The highest BCUT2D eigenvalue weighted by atomic mass is 79.9. The lowest BCUT2D eigenvalue weighted by atomic mass is 10.3. The molecule has 2 heterocycles. The summed E-state index contributed by atoms with van der Waals surface area (Å²) in [6, 6.07) is 7.34. The third-order valence-corrected chi connectivity index (χ3v) is 5.03. The zero-order valence-electron chi connectivity index (χ0n) is 10.9. The molecule has 0 aliphatic carbocycles. The molecule has 0 saturated carbocycles. The van der Waals surface area contributed by atoms with Gasteiger partial charge in [0.15, 0.2) is 0 Å². The summed E-state index contributed by atoms with van der Waals surface area (Å²) in [5.74, 6) is 1.07. The van der Waals surface area contributed by atoms with Crippen LogP contribution in [0.15, 0.2) is 28.7 Å². The van der Waals surface area contributed by atoms with Gasteiger partial charge in [0.25, 0.3) is 0 Å². The standard InChI is InChI=1S/C14H9BrCl2N2OS/c1-2-8-6-9-12(18-14(17)19-13(9)21-8)20-11-4-3-7(16)5-10(11)15/h3-6H,2H2,1H3. The molecule has 3 rings (SSSR count). The van der Waals surface area contributed by atoms with Crippen LogP contribution in [0.4, 0.5) is 0 Å². The highest BCUT2D eigenvalue weighted by Gasteiger charge is 2.14. The molecule has 3 nitrogen and oxygen atoms in total. The van der Waals surface area contributed by atoms with E-state index in [1.54, 1.807) is 29.5 Å². The molecule has 7 heteroatoms. The summed E-state index contributed by atoms with van der Waals surface area (Å²) in [6.07, 6.45) is 0.933. The van der Waals surface area contributed by atoms with E-state index in [0.717, 1.165) is 21.1 Å². The summed E-state index contributed by atoms with van der Waals surface area (Å²) < 4.78 is 6.64. The number of thiophene rings is 1. The summed E-state index contributed by atoms with van der Waals surface area (Å²) in [7, 11) is 0. The van der Waals surface area contributed by atoms with Crippen LogP contribution in [0.2, 0.25) is 10.3 Å². The zero-order valence-corrected chi connectivity index (χ0v) is 14.8. The average Bonchev–Trinajstić information content (AvgIpc) is 2.85. The minimum absolute atomic E-state index is 0.173. The van der Waals surface area contributed by atoms with E-state index in [2.05, 4.69) is 32.8 Å².